The van der Waals surface area contributed by atoms with Crippen LogP contribution in [0.4, 0.5) is 5.69 Å². The fourth-order valence-corrected chi connectivity index (χ4v) is 9.94. The molecule has 1 heterocycles. The Morgan fingerprint density at radius 3 is 2.26 bits per heavy atom. The summed E-state index contributed by atoms with van der Waals surface area (Å²) in [6.07, 6.45) is 19.3. The van der Waals surface area contributed by atoms with Gasteiger partial charge in [-0.3, -0.25) is 0 Å². The molecule has 2 heteroatoms. The lowest BCUT2D eigenvalue weighted by molar-refractivity contribution is 0.383. The molecule has 1 spiro atoms. The second-order valence-electron chi connectivity index (χ2n) is 18.9. The molecule has 2 unspecified atom stereocenters. The number of nitrogens with one attached hydrogen (secondary N) is 1. The molecule has 61 heavy (non-hydrogen) atoms. The fraction of sp³-hybridized carbons (Fsp3) is 0.254. The highest BCUT2D eigenvalue weighted by molar-refractivity contribution is 6.00. The van der Waals surface area contributed by atoms with Gasteiger partial charge in [0, 0.05) is 45.8 Å². The summed E-state index contributed by atoms with van der Waals surface area (Å²) < 4.78 is 6.24. The third-order valence-corrected chi connectivity index (χ3v) is 12.7. The van der Waals surface area contributed by atoms with Crippen molar-refractivity contribution in [1.82, 2.24) is 0 Å². The van der Waals surface area contributed by atoms with Gasteiger partial charge in [-0.1, -0.05) is 166 Å². The van der Waals surface area contributed by atoms with Crippen LogP contribution in [-0.4, -0.2) is 6.61 Å². The zero-order chi connectivity index (χ0) is 42.5. The lowest BCUT2D eigenvalue weighted by atomic mass is 9.66. The van der Waals surface area contributed by atoms with Crippen LogP contribution in [0.5, 0.6) is 5.75 Å². The maximum Gasteiger partial charge on any atom is 0.131 e. The second kappa shape index (κ2) is 15.6. The summed E-state index contributed by atoms with van der Waals surface area (Å²) in [6.45, 7) is 18.4. The van der Waals surface area contributed by atoms with Gasteiger partial charge >= 0.3 is 0 Å². The average molecular weight is 796 g/mol. The largest absolute Gasteiger partial charge is 0.488 e. The minimum Gasteiger partial charge on any atom is -0.488 e. The monoisotopic (exact) mass is 795 g/mol. The molecule has 5 aromatic carbocycles. The maximum absolute atomic E-state index is 6.24. The van der Waals surface area contributed by atoms with E-state index in [1.165, 1.54) is 77.9 Å². The average Bonchev–Trinajstić information content (AvgIpc) is 3.89. The van der Waals surface area contributed by atoms with Gasteiger partial charge in [-0.05, 0) is 126 Å². The summed E-state index contributed by atoms with van der Waals surface area (Å²) in [7, 11) is 0. The lowest BCUT2D eigenvalue weighted by Gasteiger charge is -2.35. The Hall–Kier alpha value is -6.30. The molecule has 0 fully saturated rings. The maximum atomic E-state index is 6.24. The van der Waals surface area contributed by atoms with Crippen molar-refractivity contribution in [1.29, 1.82) is 0 Å². The van der Waals surface area contributed by atoms with Crippen molar-refractivity contribution in [2.45, 2.75) is 85.0 Å². The van der Waals surface area contributed by atoms with E-state index >= 15 is 0 Å². The van der Waals surface area contributed by atoms with Crippen molar-refractivity contribution in [2.24, 2.45) is 5.41 Å². The molecule has 1 N–H and O–H groups in total. The molecule has 5 aromatic rings. The Morgan fingerprint density at radius 2 is 1.52 bits per heavy atom. The minimum absolute atomic E-state index is 0.0114. The Morgan fingerprint density at radius 1 is 0.770 bits per heavy atom. The molecule has 2 atom stereocenters. The van der Waals surface area contributed by atoms with Gasteiger partial charge < -0.3 is 10.1 Å². The van der Waals surface area contributed by atoms with E-state index in [9.17, 15) is 0 Å². The van der Waals surface area contributed by atoms with Crippen LogP contribution in [0.2, 0.25) is 0 Å². The van der Waals surface area contributed by atoms with E-state index in [0.29, 0.717) is 13.0 Å². The van der Waals surface area contributed by atoms with Crippen molar-refractivity contribution in [3.63, 3.8) is 0 Å². The molecule has 4 aliphatic rings. The fourth-order valence-electron chi connectivity index (χ4n) is 9.94. The van der Waals surface area contributed by atoms with Gasteiger partial charge in [0.15, 0.2) is 0 Å². The first-order valence-corrected chi connectivity index (χ1v) is 22.0. The third-order valence-electron chi connectivity index (χ3n) is 12.7. The van der Waals surface area contributed by atoms with Crippen LogP contribution >= 0.6 is 0 Å². The number of ether oxygens (including phenoxy) is 1. The van der Waals surface area contributed by atoms with Crippen LogP contribution in [0, 0.1) is 17.3 Å². The number of benzene rings is 5. The van der Waals surface area contributed by atoms with Crippen molar-refractivity contribution >= 4 is 16.8 Å². The van der Waals surface area contributed by atoms with Gasteiger partial charge in [0.1, 0.15) is 12.4 Å². The predicted molar refractivity (Wildman–Crippen MR) is 259 cm³/mol. The molecule has 0 amide bonds. The molecular formula is C59H57NO. The van der Waals surface area contributed by atoms with Crippen LogP contribution in [0.25, 0.3) is 33.4 Å². The topological polar surface area (TPSA) is 21.3 Å². The summed E-state index contributed by atoms with van der Waals surface area (Å²) in [5.41, 5.74) is 19.7. The molecule has 0 bridgehead atoms. The van der Waals surface area contributed by atoms with Gasteiger partial charge in [-0.2, -0.15) is 0 Å². The SMILES string of the molecule is C/C=C\C=C1/COc2c1cccc2C1C=CC(Nc2ccc(-c3cccc4c3C3(C(CC#CC(C)(C)C)=C(/C=C\C)c5ccc(C(C)(C)C)cc53)c3ccccc3-4)cc2)=CC1. The molecule has 2 nitrogen and oxygen atoms in total. The Labute approximate surface area is 364 Å². The van der Waals surface area contributed by atoms with E-state index in [1.807, 2.05) is 6.92 Å². The Kier molecular flexibility index (Phi) is 10.3. The summed E-state index contributed by atoms with van der Waals surface area (Å²) in [6, 6.07) is 38.9. The molecule has 304 valence electrons. The number of fused-ring (bicyclic) bond motifs is 8. The lowest BCUT2D eigenvalue weighted by Crippen LogP contribution is -2.29. The molecule has 0 saturated carbocycles. The number of hydrogen-bond acceptors (Lipinski definition) is 2. The number of para-hydroxylation sites is 1. The second-order valence-corrected chi connectivity index (χ2v) is 18.9. The normalized spacial score (nSPS) is 19.5. The molecule has 0 saturated heterocycles. The first kappa shape index (κ1) is 40.1. The molecule has 0 aromatic heterocycles. The molecule has 3 aliphatic carbocycles. The van der Waals surface area contributed by atoms with Gasteiger partial charge in [0.25, 0.3) is 0 Å². The predicted octanol–water partition coefficient (Wildman–Crippen LogP) is 15.1. The van der Waals surface area contributed by atoms with Gasteiger partial charge in [-0.25, -0.2) is 0 Å². The molecular weight excluding hydrogens is 739 g/mol. The highest BCUT2D eigenvalue weighted by Crippen LogP contribution is 2.64. The van der Waals surface area contributed by atoms with E-state index in [0.717, 1.165) is 23.6 Å². The van der Waals surface area contributed by atoms with Crippen molar-refractivity contribution in [3.8, 4) is 39.8 Å². The van der Waals surface area contributed by atoms with Crippen LogP contribution in [0.3, 0.4) is 0 Å². The van der Waals surface area contributed by atoms with E-state index in [1.54, 1.807) is 0 Å². The van der Waals surface area contributed by atoms with Crippen molar-refractivity contribution < 1.29 is 4.74 Å². The number of hydrogen-bond donors (Lipinski definition) is 1. The van der Waals surface area contributed by atoms with E-state index in [4.69, 9.17) is 4.74 Å². The van der Waals surface area contributed by atoms with Crippen molar-refractivity contribution in [2.75, 3.05) is 11.9 Å². The smallest absolute Gasteiger partial charge is 0.131 e. The summed E-state index contributed by atoms with van der Waals surface area (Å²) in [4.78, 5) is 0. The standard InChI is InChI=1S/C59H57NO/c1-9-11-18-41-38-61-56-46(21-15-22-47(41)56)40-28-33-44(34-29-40)60-43-31-26-39(27-32-43)45-20-14-23-51-49-19-12-13-24-52(49)59(55(45)51)53(25-16-36-57(3,4)5)48(17-10-2)50-35-30-42(37-54(50)59)58(6,7)8/h9-15,17-24,26-28,30-35,37,40,60H,25,29,38H2,1-8H3/b11-9-,17-10-,41-18+. The summed E-state index contributed by atoms with van der Waals surface area (Å²) in [5, 5.41) is 3.72. The van der Waals surface area contributed by atoms with Crippen LogP contribution in [-0.2, 0) is 10.8 Å². The highest BCUT2D eigenvalue weighted by Gasteiger charge is 2.53. The van der Waals surface area contributed by atoms with Crippen LogP contribution in [0.15, 0.2) is 163 Å². The summed E-state index contributed by atoms with van der Waals surface area (Å²) in [5.74, 6) is 8.62. The van der Waals surface area contributed by atoms with E-state index in [2.05, 4.69) is 217 Å². The number of anilines is 1. The van der Waals surface area contributed by atoms with Gasteiger partial charge in [-0.15, -0.1) is 0 Å². The van der Waals surface area contributed by atoms with E-state index < -0.39 is 5.41 Å². The number of rotatable bonds is 7. The van der Waals surface area contributed by atoms with Crippen LogP contribution in [0.1, 0.15) is 113 Å². The third kappa shape index (κ3) is 7.05. The van der Waals surface area contributed by atoms with Gasteiger partial charge in [0.2, 0.25) is 0 Å². The minimum atomic E-state index is -0.500. The zero-order valence-electron chi connectivity index (χ0n) is 37.0. The quantitative estimate of drug-likeness (QED) is 0.166. The van der Waals surface area contributed by atoms with E-state index in [-0.39, 0.29) is 16.7 Å². The molecule has 1 aliphatic heterocycles. The van der Waals surface area contributed by atoms with Crippen LogP contribution < -0.4 is 10.1 Å². The first-order chi connectivity index (χ1) is 29.4. The zero-order valence-corrected chi connectivity index (χ0v) is 37.0. The Bertz CT molecular complexity index is 2810. The number of allylic oxidation sites excluding steroid dienone is 10. The van der Waals surface area contributed by atoms with Crippen molar-refractivity contribution in [3.05, 3.63) is 202 Å². The summed E-state index contributed by atoms with van der Waals surface area (Å²) >= 11 is 0. The molecule has 0 radical (unpaired) electrons. The van der Waals surface area contributed by atoms with Gasteiger partial charge in [0.05, 0.1) is 5.41 Å². The Balaban J connectivity index is 1.10. The first-order valence-electron chi connectivity index (χ1n) is 22.0. The molecule has 9 rings (SSSR count). The highest BCUT2D eigenvalue weighted by atomic mass is 16.5.